The molecule has 1 amide bonds. The van der Waals surface area contributed by atoms with Gasteiger partial charge in [0.2, 0.25) is 5.91 Å². The van der Waals surface area contributed by atoms with Gasteiger partial charge in [0.05, 0.1) is 13.1 Å². The molecule has 0 spiro atoms. The predicted molar refractivity (Wildman–Crippen MR) is 150 cm³/mol. The Bertz CT molecular complexity index is 585. The van der Waals surface area contributed by atoms with E-state index >= 15 is 0 Å². The van der Waals surface area contributed by atoms with Crippen LogP contribution >= 0.6 is 0 Å². The Morgan fingerprint density at radius 1 is 0.722 bits per heavy atom. The second kappa shape index (κ2) is 26.9. The van der Waals surface area contributed by atoms with Crippen LogP contribution in [0.1, 0.15) is 128 Å². The minimum atomic E-state index is 0. The van der Waals surface area contributed by atoms with Gasteiger partial charge in [-0.3, -0.25) is 4.79 Å². The van der Waals surface area contributed by atoms with Gasteiger partial charge in [0, 0.05) is 38.0 Å². The van der Waals surface area contributed by atoms with Gasteiger partial charge in [0.25, 0.3) is 0 Å². The van der Waals surface area contributed by atoms with Crippen molar-refractivity contribution in [3.05, 3.63) is 35.9 Å². The number of carbonyl (C=O) groups excluding carboxylic acids is 1. The summed E-state index contributed by atoms with van der Waals surface area (Å²) in [6, 6.07) is 10.5. The number of rotatable bonds is 25. The van der Waals surface area contributed by atoms with Gasteiger partial charge >= 0.3 is 0 Å². The normalized spacial score (nSPS) is 11.7. The van der Waals surface area contributed by atoms with E-state index in [2.05, 4.69) is 36.5 Å². The molecule has 0 saturated carbocycles. The van der Waals surface area contributed by atoms with Gasteiger partial charge in [0.15, 0.2) is 0 Å². The first-order valence-electron chi connectivity index (χ1n) is 15.0. The Morgan fingerprint density at radius 3 is 1.75 bits per heavy atom. The van der Waals surface area contributed by atoms with Gasteiger partial charge in [-0.15, -0.1) is 0 Å². The number of nitrogens with one attached hydrogen (secondary N) is 2. The van der Waals surface area contributed by atoms with Crippen LogP contribution in [0.2, 0.25) is 0 Å². The van der Waals surface area contributed by atoms with Gasteiger partial charge in [-0.05, 0) is 6.42 Å². The van der Waals surface area contributed by atoms with Crippen molar-refractivity contribution >= 4 is 5.91 Å². The smallest absolute Gasteiger partial charge is 0.219 e. The zero-order valence-electron chi connectivity index (χ0n) is 23.4. The molecule has 36 heavy (non-hydrogen) atoms. The molecule has 1 atom stereocenters. The summed E-state index contributed by atoms with van der Waals surface area (Å²) >= 11 is 0. The maximum atomic E-state index is 12.1. The molecular weight excluding hydrogens is 468 g/mol. The van der Waals surface area contributed by atoms with Crippen molar-refractivity contribution in [1.29, 1.82) is 0 Å². The van der Waals surface area contributed by atoms with Crippen LogP contribution in [0, 0.1) is 0 Å². The molecule has 1 aromatic rings. The molecule has 4 nitrogen and oxygen atoms in total. The van der Waals surface area contributed by atoms with Crippen LogP contribution < -0.4 is 22.6 Å². The Hall–Kier alpha value is -1.10. The van der Waals surface area contributed by atoms with Crippen molar-refractivity contribution in [3.63, 3.8) is 0 Å². The summed E-state index contributed by atoms with van der Waals surface area (Å²) in [5.41, 5.74) is 1.33. The summed E-state index contributed by atoms with van der Waals surface area (Å²) in [5, 5.41) is 12.3. The van der Waals surface area contributed by atoms with E-state index in [-0.39, 0.29) is 24.9 Å². The minimum Gasteiger partial charge on any atom is -1.00 e. The SMILES string of the molecule is CCCCCCCCCCCCCCCCCC(=O)NCCC[NH+](CCCO)Cc1ccccc1.[Cl-]. The summed E-state index contributed by atoms with van der Waals surface area (Å²) in [4.78, 5) is 13.6. The molecule has 0 bridgehead atoms. The van der Waals surface area contributed by atoms with Crippen LogP contribution in [-0.4, -0.2) is 37.3 Å². The molecule has 1 aromatic carbocycles. The van der Waals surface area contributed by atoms with Crippen molar-refractivity contribution in [2.75, 3.05) is 26.2 Å². The third-order valence-electron chi connectivity index (χ3n) is 7.02. The molecule has 0 aromatic heterocycles. The first-order valence-corrected chi connectivity index (χ1v) is 15.0. The van der Waals surface area contributed by atoms with Crippen LogP contribution in [0.25, 0.3) is 0 Å². The lowest BCUT2D eigenvalue weighted by Crippen LogP contribution is -3.10. The van der Waals surface area contributed by atoms with Crippen LogP contribution in [0.3, 0.4) is 0 Å². The van der Waals surface area contributed by atoms with Gasteiger partial charge in [-0.25, -0.2) is 0 Å². The first-order chi connectivity index (χ1) is 17.3. The molecule has 0 saturated heterocycles. The van der Waals surface area contributed by atoms with Gasteiger partial charge in [-0.2, -0.15) is 0 Å². The van der Waals surface area contributed by atoms with Crippen molar-refractivity contribution in [2.45, 2.75) is 129 Å². The number of quaternary nitrogens is 1. The fraction of sp³-hybridized carbons (Fsp3) is 0.774. The third-order valence-corrected chi connectivity index (χ3v) is 7.02. The highest BCUT2D eigenvalue weighted by molar-refractivity contribution is 5.75. The molecule has 0 radical (unpaired) electrons. The van der Waals surface area contributed by atoms with Gasteiger partial charge in [-0.1, -0.05) is 127 Å². The number of hydrogen-bond acceptors (Lipinski definition) is 2. The summed E-state index contributed by atoms with van der Waals surface area (Å²) in [6.07, 6.45) is 22.8. The van der Waals surface area contributed by atoms with Gasteiger partial charge in [0.1, 0.15) is 6.54 Å². The summed E-state index contributed by atoms with van der Waals surface area (Å²) in [7, 11) is 0. The maximum Gasteiger partial charge on any atom is 0.219 e. The highest BCUT2D eigenvalue weighted by Crippen LogP contribution is 2.13. The Morgan fingerprint density at radius 2 is 1.22 bits per heavy atom. The van der Waals surface area contributed by atoms with Crippen LogP contribution in [-0.2, 0) is 11.3 Å². The maximum absolute atomic E-state index is 12.1. The molecule has 0 aliphatic rings. The quantitative estimate of drug-likeness (QED) is 0.172. The topological polar surface area (TPSA) is 53.8 Å². The summed E-state index contributed by atoms with van der Waals surface area (Å²) in [6.45, 7) is 6.26. The number of carbonyl (C=O) groups is 1. The number of halogens is 1. The van der Waals surface area contributed by atoms with Crippen molar-refractivity contribution in [2.24, 2.45) is 0 Å². The monoisotopic (exact) mass is 524 g/mol. The standard InChI is InChI=1S/C31H56N2O2.ClH/c1-2-3-4-5-6-7-8-9-10-11-12-13-14-15-19-24-31(35)32-25-20-26-33(27-21-28-34)29-30-22-17-16-18-23-30;/h16-18,22-23,34H,2-15,19-21,24-29H2,1H3,(H,32,35);1H. The van der Waals surface area contributed by atoms with E-state index in [4.69, 9.17) is 0 Å². The Kier molecular flexibility index (Phi) is 26.1. The molecule has 0 aliphatic heterocycles. The average Bonchev–Trinajstić information content (AvgIpc) is 2.87. The van der Waals surface area contributed by atoms with Crippen molar-refractivity contribution < 1.29 is 27.2 Å². The third kappa shape index (κ3) is 22.1. The van der Waals surface area contributed by atoms with E-state index in [1.807, 2.05) is 6.07 Å². The van der Waals surface area contributed by atoms with E-state index in [1.54, 1.807) is 0 Å². The fourth-order valence-corrected chi connectivity index (χ4v) is 4.83. The highest BCUT2D eigenvalue weighted by atomic mass is 35.5. The van der Waals surface area contributed by atoms with Crippen LogP contribution in [0.15, 0.2) is 30.3 Å². The molecule has 5 heteroatoms. The van der Waals surface area contributed by atoms with E-state index in [0.29, 0.717) is 6.42 Å². The number of amides is 1. The Labute approximate surface area is 229 Å². The van der Waals surface area contributed by atoms with Gasteiger partial charge < -0.3 is 27.7 Å². The van der Waals surface area contributed by atoms with Crippen molar-refractivity contribution in [1.82, 2.24) is 5.32 Å². The molecule has 1 rings (SSSR count). The molecular formula is C31H57ClN2O2. The number of unbranched alkanes of at least 4 members (excludes halogenated alkanes) is 14. The summed E-state index contributed by atoms with van der Waals surface area (Å²) < 4.78 is 0. The number of benzene rings is 1. The minimum absolute atomic E-state index is 0. The second-order valence-corrected chi connectivity index (χ2v) is 10.4. The Balaban J connectivity index is 0.0000122. The lowest BCUT2D eigenvalue weighted by atomic mass is 10.0. The molecule has 0 aliphatic carbocycles. The van der Waals surface area contributed by atoms with E-state index in [1.165, 1.54) is 100 Å². The lowest BCUT2D eigenvalue weighted by molar-refractivity contribution is -0.914. The fourth-order valence-electron chi connectivity index (χ4n) is 4.83. The number of aliphatic hydroxyl groups is 1. The molecule has 3 N–H and O–H groups in total. The molecule has 1 unspecified atom stereocenters. The zero-order chi connectivity index (χ0) is 25.2. The number of hydrogen-bond donors (Lipinski definition) is 3. The molecule has 0 fully saturated rings. The second-order valence-electron chi connectivity index (χ2n) is 10.4. The largest absolute Gasteiger partial charge is 1.00 e. The van der Waals surface area contributed by atoms with E-state index in [0.717, 1.165) is 45.4 Å². The zero-order valence-corrected chi connectivity index (χ0v) is 24.1. The predicted octanol–water partition coefficient (Wildman–Crippen LogP) is 3.23. The molecule has 210 valence electrons. The van der Waals surface area contributed by atoms with E-state index < -0.39 is 0 Å². The van der Waals surface area contributed by atoms with E-state index in [9.17, 15) is 9.90 Å². The van der Waals surface area contributed by atoms with Crippen LogP contribution in [0.5, 0.6) is 0 Å². The van der Waals surface area contributed by atoms with Crippen molar-refractivity contribution in [3.8, 4) is 0 Å². The summed E-state index contributed by atoms with van der Waals surface area (Å²) in [5.74, 6) is 0.208. The average molecular weight is 525 g/mol. The van der Waals surface area contributed by atoms with Crippen LogP contribution in [0.4, 0.5) is 0 Å². The molecule has 0 heterocycles. The lowest BCUT2D eigenvalue weighted by Gasteiger charge is -2.19. The highest BCUT2D eigenvalue weighted by Gasteiger charge is 2.09. The number of aliphatic hydroxyl groups excluding tert-OH is 1. The first kappa shape index (κ1) is 34.9.